The summed E-state index contributed by atoms with van der Waals surface area (Å²) in [5.41, 5.74) is 1.60. The van der Waals surface area contributed by atoms with Crippen molar-refractivity contribution in [2.24, 2.45) is 0 Å². The van der Waals surface area contributed by atoms with Crippen molar-refractivity contribution in [3.63, 3.8) is 0 Å². The lowest BCUT2D eigenvalue weighted by Gasteiger charge is -2.06. The van der Waals surface area contributed by atoms with Crippen molar-refractivity contribution in [1.29, 1.82) is 0 Å². The molecule has 0 atom stereocenters. The molecular weight excluding hydrogens is 340 g/mol. The molecular formula is C16H12N6O2S. The van der Waals surface area contributed by atoms with Gasteiger partial charge in [0, 0.05) is 25.0 Å². The molecule has 0 amide bonds. The van der Waals surface area contributed by atoms with Crippen molar-refractivity contribution in [2.45, 2.75) is 16.7 Å². The van der Waals surface area contributed by atoms with Crippen LogP contribution >= 0.6 is 11.8 Å². The summed E-state index contributed by atoms with van der Waals surface area (Å²) < 4.78 is 3.24. The zero-order valence-corrected chi connectivity index (χ0v) is 13.7. The number of nitro groups is 1. The Hall–Kier alpha value is -3.20. The SMILES string of the molecule is O=[N+]([O-])c1cnc2ccc(Sc3nccn3Cc3ccccc3)nn12. The summed E-state index contributed by atoms with van der Waals surface area (Å²) in [4.78, 5) is 18.9. The van der Waals surface area contributed by atoms with Gasteiger partial charge < -0.3 is 14.7 Å². The zero-order chi connectivity index (χ0) is 17.2. The van der Waals surface area contributed by atoms with E-state index in [9.17, 15) is 10.1 Å². The minimum Gasteiger partial charge on any atom is -0.358 e. The van der Waals surface area contributed by atoms with E-state index in [1.165, 1.54) is 22.5 Å². The lowest BCUT2D eigenvalue weighted by atomic mass is 10.2. The van der Waals surface area contributed by atoms with Crippen molar-refractivity contribution < 1.29 is 4.92 Å². The van der Waals surface area contributed by atoms with Crippen LogP contribution < -0.4 is 0 Å². The van der Waals surface area contributed by atoms with Crippen LogP contribution in [-0.2, 0) is 6.54 Å². The molecule has 1 aromatic carbocycles. The molecule has 124 valence electrons. The molecule has 0 fully saturated rings. The summed E-state index contributed by atoms with van der Waals surface area (Å²) >= 11 is 1.35. The van der Waals surface area contributed by atoms with Gasteiger partial charge in [0.05, 0.1) is 0 Å². The molecule has 25 heavy (non-hydrogen) atoms. The first-order valence-electron chi connectivity index (χ1n) is 7.43. The fraction of sp³-hybridized carbons (Fsp3) is 0.0625. The molecule has 3 heterocycles. The highest BCUT2D eigenvalue weighted by Crippen LogP contribution is 2.26. The van der Waals surface area contributed by atoms with Gasteiger partial charge in [-0.1, -0.05) is 39.9 Å². The summed E-state index contributed by atoms with van der Waals surface area (Å²) in [5, 5.41) is 16.7. The average molecular weight is 352 g/mol. The van der Waals surface area contributed by atoms with E-state index in [1.807, 2.05) is 41.1 Å². The second-order valence-electron chi connectivity index (χ2n) is 5.24. The number of benzene rings is 1. The highest BCUT2D eigenvalue weighted by molar-refractivity contribution is 7.99. The Morgan fingerprint density at radius 3 is 2.76 bits per heavy atom. The third kappa shape index (κ3) is 3.09. The van der Waals surface area contributed by atoms with Crippen LogP contribution in [0.5, 0.6) is 0 Å². The standard InChI is InChI=1S/C16H12N6O2S/c23-22(24)15-10-18-13-6-7-14(19-21(13)15)25-16-17-8-9-20(16)11-12-4-2-1-3-5-12/h1-10H,11H2. The Morgan fingerprint density at radius 2 is 1.96 bits per heavy atom. The Kier molecular flexibility index (Phi) is 3.90. The zero-order valence-electron chi connectivity index (χ0n) is 12.9. The number of fused-ring (bicyclic) bond motifs is 1. The van der Waals surface area contributed by atoms with Crippen LogP contribution in [0.25, 0.3) is 5.65 Å². The monoisotopic (exact) mass is 352 g/mol. The van der Waals surface area contributed by atoms with E-state index in [2.05, 4.69) is 15.1 Å². The van der Waals surface area contributed by atoms with E-state index >= 15 is 0 Å². The first-order valence-corrected chi connectivity index (χ1v) is 8.24. The molecule has 0 aliphatic carbocycles. The predicted molar refractivity (Wildman–Crippen MR) is 91.5 cm³/mol. The van der Waals surface area contributed by atoms with Gasteiger partial charge in [0.25, 0.3) is 0 Å². The maximum atomic E-state index is 11.0. The van der Waals surface area contributed by atoms with Crippen LogP contribution in [0.2, 0.25) is 0 Å². The highest BCUT2D eigenvalue weighted by Gasteiger charge is 2.17. The molecule has 0 unspecified atom stereocenters. The third-order valence-electron chi connectivity index (χ3n) is 3.58. The van der Waals surface area contributed by atoms with E-state index < -0.39 is 4.92 Å². The number of imidazole rings is 2. The van der Waals surface area contributed by atoms with E-state index in [0.717, 1.165) is 10.7 Å². The van der Waals surface area contributed by atoms with Crippen molar-refractivity contribution in [2.75, 3.05) is 0 Å². The minimum atomic E-state index is -0.502. The molecule has 8 nitrogen and oxygen atoms in total. The predicted octanol–water partition coefficient (Wildman–Crippen LogP) is 3.03. The molecule has 9 heteroatoms. The third-order valence-corrected chi connectivity index (χ3v) is 4.53. The fourth-order valence-corrected chi connectivity index (χ4v) is 3.22. The van der Waals surface area contributed by atoms with Gasteiger partial charge in [-0.3, -0.25) is 0 Å². The van der Waals surface area contributed by atoms with Crippen LogP contribution in [0.3, 0.4) is 0 Å². The molecule has 0 aliphatic rings. The van der Waals surface area contributed by atoms with Crippen LogP contribution in [0.4, 0.5) is 5.82 Å². The molecule has 4 aromatic rings. The molecule has 0 saturated carbocycles. The number of hydrogen-bond donors (Lipinski definition) is 0. The first-order chi connectivity index (χ1) is 12.2. The van der Waals surface area contributed by atoms with Crippen molar-refractivity contribution in [3.8, 4) is 0 Å². The molecule has 0 radical (unpaired) electrons. The summed E-state index contributed by atoms with van der Waals surface area (Å²) in [6.07, 6.45) is 4.82. The molecule has 0 spiro atoms. The summed E-state index contributed by atoms with van der Waals surface area (Å²) in [7, 11) is 0. The molecule has 0 aliphatic heterocycles. The maximum Gasteiger partial charge on any atom is 0.368 e. The van der Waals surface area contributed by atoms with Gasteiger partial charge in [-0.25, -0.2) is 9.97 Å². The second kappa shape index (κ2) is 6.36. The Labute approximate surface area is 146 Å². The highest BCUT2D eigenvalue weighted by atomic mass is 32.2. The summed E-state index contributed by atoms with van der Waals surface area (Å²) in [6.45, 7) is 0.691. The van der Waals surface area contributed by atoms with Gasteiger partial charge in [0.2, 0.25) is 5.65 Å². The summed E-state index contributed by atoms with van der Waals surface area (Å²) in [6, 6.07) is 13.5. The summed E-state index contributed by atoms with van der Waals surface area (Å²) in [5.74, 6) is -0.162. The minimum absolute atomic E-state index is 0.162. The molecule has 4 rings (SSSR count). The normalized spacial score (nSPS) is 11.0. The second-order valence-corrected chi connectivity index (χ2v) is 6.23. The Bertz CT molecular complexity index is 1040. The van der Waals surface area contributed by atoms with Crippen LogP contribution in [0.1, 0.15) is 5.56 Å². The van der Waals surface area contributed by atoms with Gasteiger partial charge in [-0.05, 0) is 28.3 Å². The Balaban J connectivity index is 1.63. The number of nitrogens with zero attached hydrogens (tertiary/aromatic N) is 6. The lowest BCUT2D eigenvalue weighted by molar-refractivity contribution is -0.391. The van der Waals surface area contributed by atoms with Crippen LogP contribution in [0, 0.1) is 10.1 Å². The van der Waals surface area contributed by atoms with Gasteiger partial charge >= 0.3 is 5.82 Å². The quantitative estimate of drug-likeness (QED) is 0.405. The lowest BCUT2D eigenvalue weighted by Crippen LogP contribution is -2.02. The van der Waals surface area contributed by atoms with Crippen LogP contribution in [0.15, 0.2) is 71.2 Å². The number of rotatable bonds is 5. The molecule has 0 bridgehead atoms. The van der Waals surface area contributed by atoms with Crippen molar-refractivity contribution >= 4 is 23.2 Å². The maximum absolute atomic E-state index is 11.0. The van der Waals surface area contributed by atoms with E-state index in [4.69, 9.17) is 0 Å². The topological polar surface area (TPSA) is 91.1 Å². The van der Waals surface area contributed by atoms with Gasteiger partial charge in [0.1, 0.15) is 11.2 Å². The van der Waals surface area contributed by atoms with E-state index in [1.54, 1.807) is 18.3 Å². The van der Waals surface area contributed by atoms with Crippen molar-refractivity contribution in [1.82, 2.24) is 24.1 Å². The van der Waals surface area contributed by atoms with Crippen molar-refractivity contribution in [3.05, 3.63) is 76.7 Å². The van der Waals surface area contributed by atoms with Crippen LogP contribution in [-0.4, -0.2) is 29.1 Å². The molecule has 3 aromatic heterocycles. The Morgan fingerprint density at radius 1 is 1.12 bits per heavy atom. The number of hydrogen-bond acceptors (Lipinski definition) is 6. The first kappa shape index (κ1) is 15.3. The van der Waals surface area contributed by atoms with Gasteiger partial charge in [-0.2, -0.15) is 0 Å². The number of aromatic nitrogens is 5. The fourth-order valence-electron chi connectivity index (χ4n) is 2.42. The average Bonchev–Trinajstić information content (AvgIpc) is 3.22. The molecule has 0 N–H and O–H groups in total. The van der Waals surface area contributed by atoms with E-state index in [-0.39, 0.29) is 5.82 Å². The van der Waals surface area contributed by atoms with E-state index in [0.29, 0.717) is 17.2 Å². The van der Waals surface area contributed by atoms with Gasteiger partial charge in [-0.15, -0.1) is 0 Å². The largest absolute Gasteiger partial charge is 0.368 e. The van der Waals surface area contributed by atoms with Gasteiger partial charge in [0.15, 0.2) is 5.16 Å². The smallest absolute Gasteiger partial charge is 0.358 e. The molecule has 0 saturated heterocycles.